The van der Waals surface area contributed by atoms with Gasteiger partial charge in [-0.3, -0.25) is 9.59 Å². The van der Waals surface area contributed by atoms with Gasteiger partial charge < -0.3 is 9.80 Å². The molecule has 0 radical (unpaired) electrons. The maximum atomic E-state index is 13.1. The van der Waals surface area contributed by atoms with E-state index in [1.165, 1.54) is 5.56 Å². The van der Waals surface area contributed by atoms with Gasteiger partial charge >= 0.3 is 0 Å². The van der Waals surface area contributed by atoms with E-state index in [0.717, 1.165) is 37.1 Å². The normalized spacial score (nSPS) is 18.3. The summed E-state index contributed by atoms with van der Waals surface area (Å²) in [6.07, 6.45) is 2.57. The largest absolute Gasteiger partial charge is 0.338 e. The number of thioether (sulfide) groups is 1. The smallest absolute Gasteiger partial charge is 0.254 e. The molecule has 1 spiro atoms. The van der Waals surface area contributed by atoms with Crippen LogP contribution in [0.2, 0.25) is 5.02 Å². The molecule has 0 bridgehead atoms. The van der Waals surface area contributed by atoms with Crippen LogP contribution in [-0.2, 0) is 6.42 Å². The van der Waals surface area contributed by atoms with Gasteiger partial charge in [0, 0.05) is 41.5 Å². The molecular weight excluding hydrogens is 404 g/mol. The molecule has 6 heteroatoms. The van der Waals surface area contributed by atoms with Crippen LogP contribution in [0.15, 0.2) is 48.5 Å². The third-order valence-corrected chi connectivity index (χ3v) is 7.76. The van der Waals surface area contributed by atoms with Crippen LogP contribution in [0.1, 0.15) is 46.0 Å². The predicted molar refractivity (Wildman–Crippen MR) is 119 cm³/mol. The maximum Gasteiger partial charge on any atom is 0.254 e. The number of hydrogen-bond donors (Lipinski definition) is 0. The maximum absolute atomic E-state index is 13.1. The molecule has 2 aromatic rings. The zero-order valence-corrected chi connectivity index (χ0v) is 18.1. The topological polar surface area (TPSA) is 40.6 Å². The Labute approximate surface area is 181 Å². The molecule has 152 valence electrons. The fourth-order valence-corrected chi connectivity index (χ4v) is 5.76. The van der Waals surface area contributed by atoms with Crippen molar-refractivity contribution in [3.63, 3.8) is 0 Å². The van der Waals surface area contributed by atoms with Crippen molar-refractivity contribution < 1.29 is 9.59 Å². The fraction of sp³-hybridized carbons (Fsp3) is 0.391. The Morgan fingerprint density at radius 1 is 0.931 bits per heavy atom. The van der Waals surface area contributed by atoms with Crippen LogP contribution in [0.4, 0.5) is 0 Å². The Morgan fingerprint density at radius 2 is 1.52 bits per heavy atom. The summed E-state index contributed by atoms with van der Waals surface area (Å²) in [4.78, 5) is 29.7. The summed E-state index contributed by atoms with van der Waals surface area (Å²) in [5, 5.41) is 0.630. The number of piperidine rings is 1. The Morgan fingerprint density at radius 3 is 2.14 bits per heavy atom. The van der Waals surface area contributed by atoms with Crippen molar-refractivity contribution in [1.82, 2.24) is 9.80 Å². The van der Waals surface area contributed by atoms with E-state index in [4.69, 9.17) is 11.6 Å². The van der Waals surface area contributed by atoms with Gasteiger partial charge in [-0.15, -0.1) is 11.8 Å². The van der Waals surface area contributed by atoms with Crippen LogP contribution in [0.3, 0.4) is 0 Å². The second-order valence-electron chi connectivity index (χ2n) is 7.60. The number of nitrogens with zero attached hydrogens (tertiary/aromatic N) is 2. The quantitative estimate of drug-likeness (QED) is 0.709. The van der Waals surface area contributed by atoms with Gasteiger partial charge in [-0.2, -0.15) is 0 Å². The molecule has 0 aromatic heterocycles. The lowest BCUT2D eigenvalue weighted by molar-refractivity contribution is 0.0498. The van der Waals surface area contributed by atoms with Crippen molar-refractivity contribution in [3.8, 4) is 0 Å². The van der Waals surface area contributed by atoms with Crippen LogP contribution < -0.4 is 0 Å². The van der Waals surface area contributed by atoms with Crippen molar-refractivity contribution in [1.29, 1.82) is 0 Å². The minimum atomic E-state index is -0.209. The summed E-state index contributed by atoms with van der Waals surface area (Å²) in [6.45, 7) is 4.20. The van der Waals surface area contributed by atoms with E-state index in [-0.39, 0.29) is 16.7 Å². The molecule has 4 rings (SSSR count). The van der Waals surface area contributed by atoms with E-state index in [0.29, 0.717) is 23.7 Å². The minimum Gasteiger partial charge on any atom is -0.338 e. The van der Waals surface area contributed by atoms with E-state index < -0.39 is 0 Å². The van der Waals surface area contributed by atoms with Gasteiger partial charge in [-0.05, 0) is 61.2 Å². The van der Waals surface area contributed by atoms with Crippen LogP contribution >= 0.6 is 23.4 Å². The number of benzene rings is 2. The monoisotopic (exact) mass is 428 g/mol. The molecule has 0 unspecified atom stereocenters. The van der Waals surface area contributed by atoms with Crippen molar-refractivity contribution in [2.24, 2.45) is 0 Å². The Kier molecular flexibility index (Phi) is 5.88. The van der Waals surface area contributed by atoms with Crippen molar-refractivity contribution in [3.05, 3.63) is 70.2 Å². The summed E-state index contributed by atoms with van der Waals surface area (Å²) in [5.74, 6) is 1.08. The molecule has 2 aromatic carbocycles. The van der Waals surface area contributed by atoms with E-state index >= 15 is 0 Å². The van der Waals surface area contributed by atoms with Crippen molar-refractivity contribution >= 4 is 35.2 Å². The molecule has 2 fully saturated rings. The molecular formula is C23H25ClN2O2S. The van der Waals surface area contributed by atoms with Gasteiger partial charge in [-0.25, -0.2) is 0 Å². The van der Waals surface area contributed by atoms with Crippen LogP contribution in [0.25, 0.3) is 0 Å². The minimum absolute atomic E-state index is 0.0570. The third-order valence-electron chi connectivity index (χ3n) is 5.95. The highest BCUT2D eigenvalue weighted by Gasteiger charge is 2.47. The van der Waals surface area contributed by atoms with Gasteiger partial charge in [0.1, 0.15) is 0 Å². The third kappa shape index (κ3) is 4.03. The van der Waals surface area contributed by atoms with Crippen molar-refractivity contribution in [2.75, 3.05) is 25.4 Å². The number of hydrogen-bond acceptors (Lipinski definition) is 3. The molecule has 2 aliphatic heterocycles. The number of amides is 2. The van der Waals surface area contributed by atoms with E-state index in [1.54, 1.807) is 24.3 Å². The van der Waals surface area contributed by atoms with E-state index in [1.807, 2.05) is 45.8 Å². The van der Waals surface area contributed by atoms with Gasteiger partial charge in [-0.1, -0.05) is 30.7 Å². The summed E-state index contributed by atoms with van der Waals surface area (Å²) in [6, 6.07) is 15.0. The predicted octanol–water partition coefficient (Wildman–Crippen LogP) is 4.72. The highest BCUT2D eigenvalue weighted by molar-refractivity contribution is 8.00. The lowest BCUT2D eigenvalue weighted by atomic mass is 9.99. The molecule has 0 N–H and O–H groups in total. The number of halogens is 1. The zero-order chi connectivity index (χ0) is 20.4. The highest BCUT2D eigenvalue weighted by Crippen LogP contribution is 2.44. The average molecular weight is 429 g/mol. The SMILES string of the molecule is CCc1ccc(C(=O)N2CCC3(CC2)SCCN3C(=O)c2ccc(Cl)cc2)cc1. The number of rotatable bonds is 3. The molecule has 29 heavy (non-hydrogen) atoms. The van der Waals surface area contributed by atoms with Gasteiger partial charge in [0.25, 0.3) is 11.8 Å². The average Bonchev–Trinajstić information content (AvgIpc) is 3.16. The second-order valence-corrected chi connectivity index (χ2v) is 9.49. The Bertz CT molecular complexity index is 890. The summed E-state index contributed by atoms with van der Waals surface area (Å²) in [5.41, 5.74) is 2.65. The van der Waals surface area contributed by atoms with Crippen LogP contribution in [0, 0.1) is 0 Å². The van der Waals surface area contributed by atoms with E-state index in [2.05, 4.69) is 6.92 Å². The molecule has 2 heterocycles. The zero-order valence-electron chi connectivity index (χ0n) is 16.6. The summed E-state index contributed by atoms with van der Waals surface area (Å²) in [7, 11) is 0. The molecule has 2 aliphatic rings. The number of aryl methyl sites for hydroxylation is 1. The lowest BCUT2D eigenvalue weighted by Crippen LogP contribution is -2.53. The molecule has 0 saturated carbocycles. The lowest BCUT2D eigenvalue weighted by Gasteiger charge is -2.44. The molecule has 2 saturated heterocycles. The Hall–Kier alpha value is -1.98. The molecule has 0 aliphatic carbocycles. The number of carbonyl (C=O) groups excluding carboxylic acids is 2. The van der Waals surface area contributed by atoms with Crippen LogP contribution in [0.5, 0.6) is 0 Å². The van der Waals surface area contributed by atoms with Gasteiger partial charge in [0.05, 0.1) is 4.87 Å². The number of carbonyl (C=O) groups is 2. The second kappa shape index (κ2) is 8.41. The van der Waals surface area contributed by atoms with Gasteiger partial charge in [0.2, 0.25) is 0 Å². The summed E-state index contributed by atoms with van der Waals surface area (Å²) < 4.78 is 0. The molecule has 4 nitrogen and oxygen atoms in total. The fourth-order valence-electron chi connectivity index (χ4n) is 4.18. The van der Waals surface area contributed by atoms with Gasteiger partial charge in [0.15, 0.2) is 0 Å². The molecule has 2 amide bonds. The first-order valence-electron chi connectivity index (χ1n) is 10.1. The van der Waals surface area contributed by atoms with Crippen molar-refractivity contribution in [2.45, 2.75) is 31.1 Å². The first kappa shape index (κ1) is 20.3. The highest BCUT2D eigenvalue weighted by atomic mass is 35.5. The van der Waals surface area contributed by atoms with Crippen LogP contribution in [-0.4, -0.2) is 51.9 Å². The first-order valence-corrected chi connectivity index (χ1v) is 11.5. The summed E-state index contributed by atoms with van der Waals surface area (Å²) >= 11 is 7.82. The van der Waals surface area contributed by atoms with E-state index in [9.17, 15) is 9.59 Å². The standard InChI is InChI=1S/C23H25ClN2O2S/c1-2-17-3-5-18(6-4-17)21(27)25-13-11-23(12-14-25)26(15-16-29-23)22(28)19-7-9-20(24)10-8-19/h3-10H,2,11-16H2,1H3. The number of likely N-dealkylation sites (tertiary alicyclic amines) is 1. The molecule has 0 atom stereocenters. The Balaban J connectivity index is 1.44. The first-order chi connectivity index (χ1) is 14.0.